The van der Waals surface area contributed by atoms with Gasteiger partial charge in [-0.3, -0.25) is 19.7 Å². The molecular formula is C34H27ClN3O8P. The van der Waals surface area contributed by atoms with Crippen LogP contribution in [-0.2, 0) is 4.79 Å². The van der Waals surface area contributed by atoms with E-state index in [4.69, 9.17) is 18.6 Å². The number of benzene rings is 5. The molecule has 5 rings (SSSR count). The van der Waals surface area contributed by atoms with E-state index in [1.54, 1.807) is 36.4 Å². The van der Waals surface area contributed by atoms with Crippen molar-refractivity contribution in [2.45, 2.75) is 0 Å². The quantitative estimate of drug-likeness (QED) is 0.100. The monoisotopic (exact) mass is 671 g/mol. The average Bonchev–Trinajstić information content (AvgIpc) is 3.07. The highest BCUT2D eigenvalue weighted by Crippen LogP contribution is 2.57. The van der Waals surface area contributed by atoms with Gasteiger partial charge in [-0.25, -0.2) is 18.6 Å². The van der Waals surface area contributed by atoms with Gasteiger partial charge in [0.25, 0.3) is 17.5 Å². The predicted octanol–water partition coefficient (Wildman–Crippen LogP) is 1.04. The van der Waals surface area contributed by atoms with Crippen molar-refractivity contribution < 1.29 is 43.4 Å². The number of nitrogens with one attached hydrogen (secondary N) is 2. The lowest BCUT2D eigenvalue weighted by Gasteiger charge is -2.25. The fraction of sp³-hybridized carbons (Fsp3) is 0. The summed E-state index contributed by atoms with van der Waals surface area (Å²) in [4.78, 5) is 38.6. The molecule has 0 aliphatic rings. The number of carbonyl (C=O) groups excluding carboxylic acids is 2. The summed E-state index contributed by atoms with van der Waals surface area (Å²) in [7, 11) is -7.66. The Morgan fingerprint density at radius 3 is 1.43 bits per heavy atom. The van der Waals surface area contributed by atoms with Crippen LogP contribution in [0.15, 0.2) is 157 Å². The molecule has 0 fully saturated rings. The van der Waals surface area contributed by atoms with Gasteiger partial charge < -0.3 is 10.6 Å². The van der Waals surface area contributed by atoms with Gasteiger partial charge in [0.2, 0.25) is 0 Å². The molecule has 0 unspecified atom stereocenters. The van der Waals surface area contributed by atoms with E-state index in [1.807, 2.05) is 96.8 Å². The summed E-state index contributed by atoms with van der Waals surface area (Å²) in [6.45, 7) is 0. The molecule has 47 heavy (non-hydrogen) atoms. The van der Waals surface area contributed by atoms with Crippen LogP contribution in [0.5, 0.6) is 0 Å². The molecule has 5 aromatic rings. The summed E-state index contributed by atoms with van der Waals surface area (Å²) in [5.41, 5.74) is 0.113. The Kier molecular flexibility index (Phi) is 11.7. The fourth-order valence-electron chi connectivity index (χ4n) is 4.71. The number of para-hydroxylation sites is 2. The van der Waals surface area contributed by atoms with Crippen LogP contribution in [0.4, 0.5) is 11.4 Å². The Morgan fingerprint density at radius 2 is 1.00 bits per heavy atom. The first-order valence-electron chi connectivity index (χ1n) is 13.8. The third-order valence-corrected chi connectivity index (χ3v) is 10.7. The van der Waals surface area contributed by atoms with E-state index in [9.17, 15) is 19.7 Å². The van der Waals surface area contributed by atoms with Crippen molar-refractivity contribution >= 4 is 46.4 Å². The molecule has 0 aromatic heterocycles. The minimum atomic E-state index is -4.94. The minimum Gasteiger partial charge on any atom is -0.315 e. The number of nitrogens with zero attached hydrogens (tertiary/aromatic N) is 1. The smallest absolute Gasteiger partial charge is 0.292 e. The van der Waals surface area contributed by atoms with Crippen LogP contribution in [-0.4, -0.2) is 16.7 Å². The van der Waals surface area contributed by atoms with Crippen molar-refractivity contribution in [3.05, 3.63) is 173 Å². The second-order valence-electron chi connectivity index (χ2n) is 9.70. The molecular weight excluding hydrogens is 645 g/mol. The van der Waals surface area contributed by atoms with Gasteiger partial charge in [0.15, 0.2) is 0 Å². The van der Waals surface area contributed by atoms with Gasteiger partial charge in [-0.2, -0.15) is 0 Å². The Bertz CT molecular complexity index is 1740. The average molecular weight is 672 g/mol. The number of hydrogen-bond donors (Lipinski definition) is 2. The van der Waals surface area contributed by atoms with Gasteiger partial charge in [-0.05, 0) is 54.6 Å². The van der Waals surface area contributed by atoms with Crippen LogP contribution in [0.25, 0.3) is 0 Å². The molecule has 2 amide bonds. The SMILES string of the molecule is O=C(Nc1ccccc1[N+](=O)[O-])/C(=C/[P+](c1ccccc1)(c1ccccc1)c1ccccc1)NC(=O)c1ccccc1.[O-][Cl+3]([O-])([O-])[O-]. The van der Waals surface area contributed by atoms with E-state index in [0.717, 1.165) is 15.9 Å². The molecule has 0 heterocycles. The standard InChI is InChI=1S/C34H26N3O4P.ClHO4/c38-33(26-15-5-1-6-16-26)36-31(34(39)35-30-23-13-14-24-32(30)37(40)41)25-42(27-17-7-2-8-18-27,28-19-9-3-10-20-28)29-21-11-4-12-22-29;2-1(3,4)5/h1-25H,(H-,35,36,38,39);(H,2,3,4,5)/b31-25-;. The van der Waals surface area contributed by atoms with Crippen LogP contribution in [0.3, 0.4) is 0 Å². The molecule has 0 saturated carbocycles. The topological polar surface area (TPSA) is 194 Å². The molecule has 0 radical (unpaired) electrons. The zero-order chi connectivity index (χ0) is 33.9. The van der Waals surface area contributed by atoms with Gasteiger partial charge in [-0.1, -0.05) is 84.9 Å². The number of amides is 2. The van der Waals surface area contributed by atoms with E-state index < -0.39 is 34.2 Å². The third-order valence-electron chi connectivity index (χ3n) is 6.69. The summed E-state index contributed by atoms with van der Waals surface area (Å²) >= 11 is 0. The molecule has 0 aliphatic carbocycles. The highest BCUT2D eigenvalue weighted by atomic mass is 35.7. The Morgan fingerprint density at radius 1 is 0.617 bits per heavy atom. The lowest BCUT2D eigenvalue weighted by atomic mass is 10.2. The van der Waals surface area contributed by atoms with Crippen molar-refractivity contribution in [1.82, 2.24) is 5.32 Å². The van der Waals surface area contributed by atoms with Gasteiger partial charge >= 0.3 is 0 Å². The Labute approximate surface area is 272 Å². The molecule has 13 heteroatoms. The highest BCUT2D eigenvalue weighted by Gasteiger charge is 2.45. The maximum Gasteiger partial charge on any atom is 0.292 e. The number of carbonyl (C=O) groups is 2. The summed E-state index contributed by atoms with van der Waals surface area (Å²) in [5.74, 6) is 0.672. The molecule has 2 N–H and O–H groups in total. The number of halogens is 1. The zero-order valence-electron chi connectivity index (χ0n) is 24.5. The molecule has 0 aliphatic heterocycles. The molecule has 0 atom stereocenters. The van der Waals surface area contributed by atoms with Gasteiger partial charge in [0.1, 0.15) is 40.4 Å². The van der Waals surface area contributed by atoms with E-state index in [-0.39, 0.29) is 17.1 Å². The number of nitro groups is 1. The van der Waals surface area contributed by atoms with E-state index in [2.05, 4.69) is 10.6 Å². The molecule has 0 bridgehead atoms. The summed E-state index contributed by atoms with van der Waals surface area (Å²) in [6, 6.07) is 44.0. The van der Waals surface area contributed by atoms with Crippen LogP contribution < -0.4 is 45.2 Å². The van der Waals surface area contributed by atoms with Crippen molar-refractivity contribution in [3.63, 3.8) is 0 Å². The van der Waals surface area contributed by atoms with Crippen molar-refractivity contribution in [2.75, 3.05) is 5.32 Å². The molecule has 238 valence electrons. The number of hydrogen-bond acceptors (Lipinski definition) is 8. The van der Waals surface area contributed by atoms with Crippen molar-refractivity contribution in [1.29, 1.82) is 0 Å². The summed E-state index contributed by atoms with van der Waals surface area (Å²) < 4.78 is 34.0. The second kappa shape index (κ2) is 15.8. The lowest BCUT2D eigenvalue weighted by Crippen LogP contribution is -2.68. The number of nitro benzene ring substituents is 1. The molecule has 11 nitrogen and oxygen atoms in total. The lowest BCUT2D eigenvalue weighted by molar-refractivity contribution is -2.00. The van der Waals surface area contributed by atoms with Crippen LogP contribution >= 0.6 is 7.26 Å². The van der Waals surface area contributed by atoms with Crippen LogP contribution in [0, 0.1) is 20.4 Å². The Balaban J connectivity index is 0.000000930. The first kappa shape index (κ1) is 34.6. The Hall–Kier alpha value is -5.26. The predicted molar refractivity (Wildman–Crippen MR) is 169 cm³/mol. The normalized spacial score (nSPS) is 11.4. The second-order valence-corrected chi connectivity index (χ2v) is 13.7. The maximum atomic E-state index is 14.0. The van der Waals surface area contributed by atoms with Crippen molar-refractivity contribution in [2.24, 2.45) is 0 Å². The maximum absolute atomic E-state index is 14.0. The van der Waals surface area contributed by atoms with Gasteiger partial charge in [0, 0.05) is 11.6 Å². The number of anilines is 1. The van der Waals surface area contributed by atoms with Crippen LogP contribution in [0.1, 0.15) is 10.4 Å². The minimum absolute atomic E-state index is 0.0214. The van der Waals surface area contributed by atoms with Crippen LogP contribution in [0.2, 0.25) is 0 Å². The molecule has 0 saturated heterocycles. The van der Waals surface area contributed by atoms with E-state index >= 15 is 0 Å². The summed E-state index contributed by atoms with van der Waals surface area (Å²) in [5, 5.41) is 20.1. The van der Waals surface area contributed by atoms with E-state index in [1.165, 1.54) is 18.2 Å². The first-order chi connectivity index (χ1) is 22.5. The zero-order valence-corrected chi connectivity index (χ0v) is 26.1. The largest absolute Gasteiger partial charge is 0.315 e. The molecule has 0 spiro atoms. The first-order valence-corrected chi connectivity index (χ1v) is 16.9. The van der Waals surface area contributed by atoms with Gasteiger partial charge in [-0.15, -0.1) is 10.2 Å². The van der Waals surface area contributed by atoms with Gasteiger partial charge in [0.05, 0.1) is 4.92 Å². The molecule has 5 aromatic carbocycles. The highest BCUT2D eigenvalue weighted by molar-refractivity contribution is 7.98. The fourth-order valence-corrected chi connectivity index (χ4v) is 8.55. The third kappa shape index (κ3) is 9.38. The van der Waals surface area contributed by atoms with E-state index in [0.29, 0.717) is 5.56 Å². The van der Waals surface area contributed by atoms with Crippen molar-refractivity contribution in [3.8, 4) is 0 Å². The number of rotatable bonds is 9. The summed E-state index contributed by atoms with van der Waals surface area (Å²) in [6.07, 6.45) is 0.